The lowest BCUT2D eigenvalue weighted by atomic mass is 10.1. The number of ether oxygens (including phenoxy) is 1. The number of halogens is 2. The van der Waals surface area contributed by atoms with Gasteiger partial charge in [-0.25, -0.2) is 4.39 Å². The molecule has 1 atom stereocenters. The number of benzene rings is 1. The maximum absolute atomic E-state index is 13.7. The van der Waals surface area contributed by atoms with Gasteiger partial charge in [-0.3, -0.25) is 4.79 Å². The van der Waals surface area contributed by atoms with Crippen LogP contribution in [0.2, 0.25) is 0 Å². The van der Waals surface area contributed by atoms with E-state index in [2.05, 4.69) is 15.9 Å². The molecule has 0 aromatic heterocycles. The summed E-state index contributed by atoms with van der Waals surface area (Å²) in [7, 11) is 3.10. The summed E-state index contributed by atoms with van der Waals surface area (Å²) in [5.41, 5.74) is 0.0566. The van der Waals surface area contributed by atoms with Crippen LogP contribution in [0.5, 0.6) is 5.75 Å². The van der Waals surface area contributed by atoms with Gasteiger partial charge >= 0.3 is 0 Å². The number of hydrogen-bond acceptors (Lipinski definition) is 2. The zero-order valence-electron chi connectivity index (χ0n) is 10.0. The number of carbonyl (C=O) groups is 1. The second-order valence-corrected chi connectivity index (χ2v) is 4.41. The lowest BCUT2D eigenvalue weighted by Gasteiger charge is -2.23. The fourth-order valence-electron chi connectivity index (χ4n) is 1.29. The van der Waals surface area contributed by atoms with Gasteiger partial charge in [-0.1, -0.05) is 15.9 Å². The van der Waals surface area contributed by atoms with Crippen LogP contribution in [-0.4, -0.2) is 36.3 Å². The number of rotatable bonds is 4. The largest absolute Gasteiger partial charge is 0.497 e. The number of carbonyl (C=O) groups excluding carboxylic acids is 1. The van der Waals surface area contributed by atoms with Crippen LogP contribution in [0.15, 0.2) is 18.2 Å². The van der Waals surface area contributed by atoms with Crippen LogP contribution < -0.4 is 4.74 Å². The summed E-state index contributed by atoms with van der Waals surface area (Å²) >= 11 is 3.29. The maximum atomic E-state index is 13.7. The normalized spacial score (nSPS) is 12.1. The molecule has 0 bridgehead atoms. The quantitative estimate of drug-likeness (QED) is 0.801. The van der Waals surface area contributed by atoms with Crippen molar-refractivity contribution in [2.24, 2.45) is 0 Å². The number of nitrogens with zero attached hydrogens (tertiary/aromatic N) is 1. The van der Waals surface area contributed by atoms with Crippen LogP contribution in [0, 0.1) is 5.82 Å². The number of methoxy groups -OCH3 is 1. The summed E-state index contributed by atoms with van der Waals surface area (Å²) in [4.78, 5) is 13.5. The third kappa shape index (κ3) is 3.19. The third-order valence-electron chi connectivity index (χ3n) is 2.61. The minimum Gasteiger partial charge on any atom is -0.497 e. The first kappa shape index (κ1) is 14.0. The van der Waals surface area contributed by atoms with Crippen LogP contribution >= 0.6 is 15.9 Å². The van der Waals surface area contributed by atoms with E-state index in [9.17, 15) is 9.18 Å². The highest BCUT2D eigenvalue weighted by Gasteiger charge is 2.20. The van der Waals surface area contributed by atoms with E-state index in [1.54, 1.807) is 13.1 Å². The molecule has 1 rings (SSSR count). The molecule has 0 spiro atoms. The Hall–Kier alpha value is -1.10. The summed E-state index contributed by atoms with van der Waals surface area (Å²) in [6.07, 6.45) is 0. The van der Waals surface area contributed by atoms with Crippen molar-refractivity contribution >= 4 is 21.8 Å². The second-order valence-electron chi connectivity index (χ2n) is 3.77. The summed E-state index contributed by atoms with van der Waals surface area (Å²) in [5.74, 6) is -0.504. The van der Waals surface area contributed by atoms with Crippen molar-refractivity contribution in [1.82, 2.24) is 4.90 Å². The van der Waals surface area contributed by atoms with Crippen molar-refractivity contribution in [1.29, 1.82) is 0 Å². The van der Waals surface area contributed by atoms with E-state index in [4.69, 9.17) is 4.74 Å². The van der Waals surface area contributed by atoms with E-state index in [1.165, 1.54) is 24.1 Å². The minimum absolute atomic E-state index is 0.00371. The fourth-order valence-corrected chi connectivity index (χ4v) is 1.72. The molecule has 3 nitrogen and oxygen atoms in total. The maximum Gasteiger partial charge on any atom is 0.256 e. The van der Waals surface area contributed by atoms with E-state index in [0.717, 1.165) is 0 Å². The van der Waals surface area contributed by atoms with Gasteiger partial charge in [-0.15, -0.1) is 0 Å². The molecule has 5 heteroatoms. The zero-order chi connectivity index (χ0) is 13.0. The van der Waals surface area contributed by atoms with Gasteiger partial charge in [0.15, 0.2) is 0 Å². The molecule has 17 heavy (non-hydrogen) atoms. The highest BCUT2D eigenvalue weighted by Crippen LogP contribution is 2.18. The van der Waals surface area contributed by atoms with Crippen LogP contribution in [-0.2, 0) is 0 Å². The first-order valence-electron chi connectivity index (χ1n) is 5.18. The first-order valence-corrected chi connectivity index (χ1v) is 6.30. The molecule has 0 fully saturated rings. The van der Waals surface area contributed by atoms with E-state index < -0.39 is 5.82 Å². The lowest BCUT2D eigenvalue weighted by molar-refractivity contribution is 0.0753. The Morgan fingerprint density at radius 2 is 2.24 bits per heavy atom. The highest BCUT2D eigenvalue weighted by molar-refractivity contribution is 9.09. The number of alkyl halides is 1. The fraction of sp³-hybridized carbons (Fsp3) is 0.417. The number of amides is 1. The van der Waals surface area contributed by atoms with Crippen LogP contribution in [0.3, 0.4) is 0 Å². The molecular formula is C12H15BrFNO2. The van der Waals surface area contributed by atoms with E-state index in [0.29, 0.717) is 11.1 Å². The van der Waals surface area contributed by atoms with E-state index in [-0.39, 0.29) is 17.5 Å². The zero-order valence-corrected chi connectivity index (χ0v) is 11.6. The van der Waals surface area contributed by atoms with Crippen molar-refractivity contribution in [2.45, 2.75) is 13.0 Å². The SMILES string of the molecule is COc1ccc(C(=O)N(C)C(C)CBr)c(F)c1. The molecule has 0 aliphatic carbocycles. The van der Waals surface area contributed by atoms with Crippen LogP contribution in [0.1, 0.15) is 17.3 Å². The van der Waals surface area contributed by atoms with Gasteiger partial charge < -0.3 is 9.64 Å². The Morgan fingerprint density at radius 1 is 1.59 bits per heavy atom. The van der Waals surface area contributed by atoms with E-state index in [1.807, 2.05) is 6.92 Å². The minimum atomic E-state index is -0.567. The van der Waals surface area contributed by atoms with Gasteiger partial charge in [0.1, 0.15) is 11.6 Å². The Bertz CT molecular complexity index is 411. The molecule has 0 N–H and O–H groups in total. The Morgan fingerprint density at radius 3 is 2.71 bits per heavy atom. The standard InChI is InChI=1S/C12H15BrFNO2/c1-8(7-13)15(2)12(16)10-5-4-9(17-3)6-11(10)14/h4-6,8H,7H2,1-3H3. The molecular weight excluding hydrogens is 289 g/mol. The van der Waals surface area contributed by atoms with Gasteiger partial charge in [0.2, 0.25) is 0 Å². The Labute approximate surface area is 109 Å². The van der Waals surface area contributed by atoms with Crippen LogP contribution in [0.25, 0.3) is 0 Å². The lowest BCUT2D eigenvalue weighted by Crippen LogP contribution is -2.36. The Kier molecular flexibility index (Phi) is 4.93. The summed E-state index contributed by atoms with van der Waals surface area (Å²) in [5, 5.41) is 0.646. The van der Waals surface area contributed by atoms with Gasteiger partial charge in [0.25, 0.3) is 5.91 Å². The average molecular weight is 304 g/mol. The predicted octanol–water partition coefficient (Wildman–Crippen LogP) is 2.69. The molecule has 1 aromatic rings. The molecule has 1 unspecified atom stereocenters. The summed E-state index contributed by atoms with van der Waals surface area (Å²) < 4.78 is 18.6. The second kappa shape index (κ2) is 6.00. The predicted molar refractivity (Wildman–Crippen MR) is 68.3 cm³/mol. The molecule has 0 saturated carbocycles. The van der Waals surface area contributed by atoms with Crippen molar-refractivity contribution in [2.75, 3.05) is 19.5 Å². The van der Waals surface area contributed by atoms with Gasteiger partial charge in [-0.05, 0) is 19.1 Å². The monoisotopic (exact) mass is 303 g/mol. The first-order chi connectivity index (χ1) is 8.01. The van der Waals surface area contributed by atoms with Gasteiger partial charge in [0, 0.05) is 24.5 Å². The molecule has 0 heterocycles. The molecule has 0 radical (unpaired) electrons. The van der Waals surface area contributed by atoms with Crippen molar-refractivity contribution < 1.29 is 13.9 Å². The summed E-state index contributed by atoms with van der Waals surface area (Å²) in [6.45, 7) is 1.88. The molecule has 0 saturated heterocycles. The van der Waals surface area contributed by atoms with Crippen molar-refractivity contribution in [3.8, 4) is 5.75 Å². The Balaban J connectivity index is 2.96. The summed E-state index contributed by atoms with van der Waals surface area (Å²) in [6, 6.07) is 4.22. The van der Waals surface area contributed by atoms with Crippen LogP contribution in [0.4, 0.5) is 4.39 Å². The highest BCUT2D eigenvalue weighted by atomic mass is 79.9. The van der Waals surface area contributed by atoms with Crippen molar-refractivity contribution in [3.63, 3.8) is 0 Å². The van der Waals surface area contributed by atoms with Crippen molar-refractivity contribution in [3.05, 3.63) is 29.6 Å². The van der Waals surface area contributed by atoms with E-state index >= 15 is 0 Å². The average Bonchev–Trinajstić information content (AvgIpc) is 2.35. The smallest absolute Gasteiger partial charge is 0.256 e. The topological polar surface area (TPSA) is 29.5 Å². The van der Waals surface area contributed by atoms with Gasteiger partial charge in [-0.2, -0.15) is 0 Å². The third-order valence-corrected chi connectivity index (χ3v) is 3.55. The number of hydrogen-bond donors (Lipinski definition) is 0. The molecule has 0 aliphatic rings. The molecule has 0 aliphatic heterocycles. The van der Waals surface area contributed by atoms with Gasteiger partial charge in [0.05, 0.1) is 12.7 Å². The molecule has 1 amide bonds. The molecule has 1 aromatic carbocycles. The molecule has 94 valence electrons.